The molecule has 3 aromatic carbocycles. The van der Waals surface area contributed by atoms with E-state index in [2.05, 4.69) is 10.0 Å². The van der Waals surface area contributed by atoms with Crippen molar-refractivity contribution in [2.75, 3.05) is 19.0 Å². The number of hydrogen-bond donors (Lipinski definition) is 2. The number of carbonyl (C=O) groups is 1. The molecular formula is C23H24N2O5S. The summed E-state index contributed by atoms with van der Waals surface area (Å²) < 4.78 is 38.9. The molecule has 0 unspecified atom stereocenters. The number of nitrogens with one attached hydrogen (secondary N) is 2. The molecule has 0 aromatic heterocycles. The average molecular weight is 441 g/mol. The van der Waals surface area contributed by atoms with Crippen LogP contribution in [0.2, 0.25) is 0 Å². The number of rotatable bonds is 9. The minimum atomic E-state index is -3.82. The van der Waals surface area contributed by atoms with Crippen molar-refractivity contribution in [2.24, 2.45) is 0 Å². The molecule has 31 heavy (non-hydrogen) atoms. The van der Waals surface area contributed by atoms with Crippen molar-refractivity contribution in [3.63, 3.8) is 0 Å². The Kier molecular flexibility index (Phi) is 7.28. The summed E-state index contributed by atoms with van der Waals surface area (Å²) in [5.74, 6) is 0.722. The summed E-state index contributed by atoms with van der Waals surface area (Å²) >= 11 is 0. The van der Waals surface area contributed by atoms with Gasteiger partial charge in [-0.1, -0.05) is 30.3 Å². The van der Waals surface area contributed by atoms with Gasteiger partial charge in [0, 0.05) is 12.1 Å². The molecule has 0 saturated carbocycles. The minimum Gasteiger partial charge on any atom is -0.497 e. The molecular weight excluding hydrogens is 416 g/mol. The zero-order chi connectivity index (χ0) is 22.3. The molecule has 3 aromatic rings. The van der Waals surface area contributed by atoms with Crippen LogP contribution < -0.4 is 19.5 Å². The summed E-state index contributed by atoms with van der Waals surface area (Å²) in [5.41, 5.74) is 1.52. The topological polar surface area (TPSA) is 93.7 Å². The van der Waals surface area contributed by atoms with Gasteiger partial charge in [0.1, 0.15) is 11.5 Å². The van der Waals surface area contributed by atoms with Crippen LogP contribution in [0, 0.1) is 0 Å². The molecule has 0 aliphatic heterocycles. The van der Waals surface area contributed by atoms with Crippen LogP contribution in [0.25, 0.3) is 0 Å². The molecule has 0 heterocycles. The minimum absolute atomic E-state index is 0.0211. The lowest BCUT2D eigenvalue weighted by molar-refractivity contribution is 0.102. The first-order valence-electron chi connectivity index (χ1n) is 9.69. The van der Waals surface area contributed by atoms with E-state index in [0.717, 1.165) is 5.56 Å². The van der Waals surface area contributed by atoms with Crippen LogP contribution in [-0.2, 0) is 16.6 Å². The van der Waals surface area contributed by atoms with Gasteiger partial charge in [-0.15, -0.1) is 0 Å². The lowest BCUT2D eigenvalue weighted by Crippen LogP contribution is -2.23. The lowest BCUT2D eigenvalue weighted by Gasteiger charge is -2.14. The molecule has 0 bridgehead atoms. The highest BCUT2D eigenvalue weighted by Gasteiger charge is 2.18. The van der Waals surface area contributed by atoms with Crippen molar-refractivity contribution < 1.29 is 22.7 Å². The second kappa shape index (κ2) is 10.1. The first kappa shape index (κ1) is 22.3. The maximum Gasteiger partial charge on any atom is 0.255 e. The third-order valence-corrected chi connectivity index (χ3v) is 5.87. The molecule has 162 valence electrons. The Morgan fingerprint density at radius 1 is 0.968 bits per heavy atom. The summed E-state index contributed by atoms with van der Waals surface area (Å²) in [6.45, 7) is 2.30. The van der Waals surface area contributed by atoms with Crippen molar-refractivity contribution in [1.29, 1.82) is 0 Å². The van der Waals surface area contributed by atoms with Gasteiger partial charge < -0.3 is 14.8 Å². The van der Waals surface area contributed by atoms with Crippen LogP contribution >= 0.6 is 0 Å². The van der Waals surface area contributed by atoms with Crippen molar-refractivity contribution in [2.45, 2.75) is 18.4 Å². The zero-order valence-electron chi connectivity index (χ0n) is 17.3. The SMILES string of the molecule is CCOc1ccc(S(=O)(=O)NCc2ccc(OC)cc2)cc1NC(=O)c1ccccc1. The smallest absolute Gasteiger partial charge is 0.255 e. The Morgan fingerprint density at radius 2 is 1.68 bits per heavy atom. The van der Waals surface area contributed by atoms with E-state index in [1.54, 1.807) is 55.6 Å². The maximum absolute atomic E-state index is 12.8. The number of ether oxygens (including phenoxy) is 2. The van der Waals surface area contributed by atoms with E-state index in [9.17, 15) is 13.2 Å². The number of methoxy groups -OCH3 is 1. The molecule has 0 spiro atoms. The number of carbonyl (C=O) groups excluding carboxylic acids is 1. The second-order valence-electron chi connectivity index (χ2n) is 6.58. The summed E-state index contributed by atoms with van der Waals surface area (Å²) in [7, 11) is -2.25. The molecule has 8 heteroatoms. The molecule has 0 fully saturated rings. The normalized spacial score (nSPS) is 11.0. The van der Waals surface area contributed by atoms with Gasteiger partial charge in [-0.05, 0) is 55.0 Å². The van der Waals surface area contributed by atoms with Crippen molar-refractivity contribution in [1.82, 2.24) is 4.72 Å². The Balaban J connectivity index is 1.81. The number of hydrogen-bond acceptors (Lipinski definition) is 5. The van der Waals surface area contributed by atoms with Gasteiger partial charge in [-0.3, -0.25) is 4.79 Å². The third kappa shape index (κ3) is 5.84. The molecule has 0 aliphatic carbocycles. The van der Waals surface area contributed by atoms with Gasteiger partial charge in [0.25, 0.3) is 5.91 Å². The monoisotopic (exact) mass is 440 g/mol. The number of benzene rings is 3. The maximum atomic E-state index is 12.8. The summed E-state index contributed by atoms with van der Waals surface area (Å²) in [6.07, 6.45) is 0. The van der Waals surface area contributed by atoms with Crippen molar-refractivity contribution in [3.8, 4) is 11.5 Å². The number of amides is 1. The molecule has 3 rings (SSSR count). The van der Waals surface area contributed by atoms with Gasteiger partial charge in [0.2, 0.25) is 10.0 Å². The molecule has 0 aliphatic rings. The van der Waals surface area contributed by atoms with Crippen LogP contribution in [0.3, 0.4) is 0 Å². The molecule has 1 amide bonds. The van der Waals surface area contributed by atoms with Crippen molar-refractivity contribution in [3.05, 3.63) is 83.9 Å². The fraction of sp³-hybridized carbons (Fsp3) is 0.174. The summed E-state index contributed by atoms with van der Waals surface area (Å²) in [4.78, 5) is 12.6. The van der Waals surface area contributed by atoms with Crippen LogP contribution in [0.4, 0.5) is 5.69 Å². The quantitative estimate of drug-likeness (QED) is 0.528. The zero-order valence-corrected chi connectivity index (χ0v) is 18.1. The van der Waals surface area contributed by atoms with E-state index in [-0.39, 0.29) is 23.0 Å². The molecule has 0 atom stereocenters. The average Bonchev–Trinajstić information content (AvgIpc) is 2.80. The molecule has 7 nitrogen and oxygen atoms in total. The van der Waals surface area contributed by atoms with Gasteiger partial charge >= 0.3 is 0 Å². The first-order valence-corrected chi connectivity index (χ1v) is 11.2. The standard InChI is InChI=1S/C23H24N2O5S/c1-3-30-22-14-13-20(15-21(22)25-23(26)18-7-5-4-6-8-18)31(27,28)24-16-17-9-11-19(29-2)12-10-17/h4-15,24H,3,16H2,1-2H3,(H,25,26). The van der Waals surface area contributed by atoms with E-state index in [1.807, 2.05) is 13.0 Å². The number of anilines is 1. The van der Waals surface area contributed by atoms with Gasteiger partial charge in [-0.25, -0.2) is 13.1 Å². The third-order valence-electron chi connectivity index (χ3n) is 4.47. The summed E-state index contributed by atoms with van der Waals surface area (Å²) in [6, 6.07) is 20.1. The molecule has 0 radical (unpaired) electrons. The fourth-order valence-corrected chi connectivity index (χ4v) is 3.89. The van der Waals surface area contributed by atoms with Gasteiger partial charge in [0.15, 0.2) is 0 Å². The van der Waals surface area contributed by atoms with E-state index in [0.29, 0.717) is 23.7 Å². The van der Waals surface area contributed by atoms with Gasteiger partial charge in [-0.2, -0.15) is 0 Å². The van der Waals surface area contributed by atoms with E-state index >= 15 is 0 Å². The van der Waals surface area contributed by atoms with E-state index < -0.39 is 10.0 Å². The lowest BCUT2D eigenvalue weighted by atomic mass is 10.2. The largest absolute Gasteiger partial charge is 0.497 e. The Labute approximate surface area is 182 Å². The highest BCUT2D eigenvalue weighted by Crippen LogP contribution is 2.28. The molecule has 2 N–H and O–H groups in total. The summed E-state index contributed by atoms with van der Waals surface area (Å²) in [5, 5.41) is 2.74. The van der Waals surface area contributed by atoms with Crippen molar-refractivity contribution >= 4 is 21.6 Å². The number of sulfonamides is 1. The predicted molar refractivity (Wildman–Crippen MR) is 119 cm³/mol. The predicted octanol–water partition coefficient (Wildman–Crippen LogP) is 3.82. The van der Waals surface area contributed by atoms with Crippen LogP contribution in [0.15, 0.2) is 77.7 Å². The van der Waals surface area contributed by atoms with Crippen LogP contribution in [0.1, 0.15) is 22.8 Å². The van der Waals surface area contributed by atoms with Crippen LogP contribution in [0.5, 0.6) is 11.5 Å². The Bertz CT molecular complexity index is 1130. The van der Waals surface area contributed by atoms with E-state index in [4.69, 9.17) is 9.47 Å². The fourth-order valence-electron chi connectivity index (χ4n) is 2.84. The van der Waals surface area contributed by atoms with Crippen LogP contribution in [-0.4, -0.2) is 28.0 Å². The van der Waals surface area contributed by atoms with Gasteiger partial charge in [0.05, 0.1) is 24.3 Å². The second-order valence-corrected chi connectivity index (χ2v) is 8.35. The van der Waals surface area contributed by atoms with E-state index in [1.165, 1.54) is 18.2 Å². The first-order chi connectivity index (χ1) is 14.9. The Hall–Kier alpha value is -3.36. The Morgan fingerprint density at radius 3 is 2.32 bits per heavy atom. The highest BCUT2D eigenvalue weighted by atomic mass is 32.2. The molecule has 0 saturated heterocycles. The highest BCUT2D eigenvalue weighted by molar-refractivity contribution is 7.89.